The van der Waals surface area contributed by atoms with Gasteiger partial charge in [0.2, 0.25) is 5.89 Å². The van der Waals surface area contributed by atoms with Gasteiger partial charge in [-0.3, -0.25) is 4.79 Å². The number of benzene rings is 1. The second kappa shape index (κ2) is 6.31. The van der Waals surface area contributed by atoms with Crippen molar-refractivity contribution in [2.45, 2.75) is 39.3 Å². The van der Waals surface area contributed by atoms with Crippen molar-refractivity contribution in [1.29, 1.82) is 0 Å². The summed E-state index contributed by atoms with van der Waals surface area (Å²) in [6.07, 6.45) is -0.103. The fourth-order valence-corrected chi connectivity index (χ4v) is 2.55. The zero-order chi connectivity index (χ0) is 18.2. The lowest BCUT2D eigenvalue weighted by Gasteiger charge is -2.30. The van der Waals surface area contributed by atoms with Gasteiger partial charge in [-0.25, -0.2) is 9.18 Å². The number of fused-ring (bicyclic) bond motifs is 1. The molecule has 0 radical (unpaired) electrons. The van der Waals surface area contributed by atoms with Crippen LogP contribution in [0.5, 0.6) is 0 Å². The van der Waals surface area contributed by atoms with Gasteiger partial charge in [-0.2, -0.15) is 4.98 Å². The van der Waals surface area contributed by atoms with E-state index in [1.165, 1.54) is 29.2 Å². The molecule has 7 heteroatoms. The van der Waals surface area contributed by atoms with Crippen LogP contribution in [0.4, 0.5) is 9.18 Å². The summed E-state index contributed by atoms with van der Waals surface area (Å²) < 4.78 is 24.2. The maximum atomic E-state index is 13.1. The Morgan fingerprint density at radius 1 is 1.28 bits per heavy atom. The fourth-order valence-electron chi connectivity index (χ4n) is 2.55. The number of hydrogen-bond donors (Lipinski definition) is 0. The molecular weight excluding hydrogens is 327 g/mol. The summed E-state index contributed by atoms with van der Waals surface area (Å²) in [5.74, 6) is 0.103. The second-order valence-corrected chi connectivity index (χ2v) is 6.88. The first kappa shape index (κ1) is 17.1. The lowest BCUT2D eigenvalue weighted by Crippen LogP contribution is -2.41. The maximum Gasteiger partial charge on any atom is 0.410 e. The minimum Gasteiger partial charge on any atom is -0.444 e. The zero-order valence-corrected chi connectivity index (χ0v) is 14.3. The predicted octanol–water partition coefficient (Wildman–Crippen LogP) is 3.13. The summed E-state index contributed by atoms with van der Waals surface area (Å²) in [5.41, 5.74) is -0.0267. The van der Waals surface area contributed by atoms with E-state index in [1.54, 1.807) is 20.8 Å². The first-order valence-corrected chi connectivity index (χ1v) is 8.00. The molecule has 0 atom stereocenters. The van der Waals surface area contributed by atoms with E-state index in [4.69, 9.17) is 9.15 Å². The summed E-state index contributed by atoms with van der Waals surface area (Å²) in [5, 5.41) is 0. The van der Waals surface area contributed by atoms with Crippen molar-refractivity contribution >= 4 is 6.09 Å². The van der Waals surface area contributed by atoms with Gasteiger partial charge in [0.05, 0.1) is 12.1 Å². The highest BCUT2D eigenvalue weighted by Crippen LogP contribution is 2.23. The Morgan fingerprint density at radius 3 is 2.60 bits per heavy atom. The SMILES string of the molecule is CC(C)(C)OC(=O)N1CCc2c(oc(-c3ccc(F)cc3)nc2=O)C1. The lowest BCUT2D eigenvalue weighted by molar-refractivity contribution is 0.0205. The number of aromatic nitrogens is 1. The monoisotopic (exact) mass is 346 g/mol. The molecule has 2 heterocycles. The van der Waals surface area contributed by atoms with Crippen molar-refractivity contribution in [3.63, 3.8) is 0 Å². The van der Waals surface area contributed by atoms with Crippen molar-refractivity contribution in [2.75, 3.05) is 6.54 Å². The van der Waals surface area contributed by atoms with Crippen LogP contribution in [0.15, 0.2) is 33.5 Å². The molecule has 3 rings (SSSR count). The number of amides is 1. The van der Waals surface area contributed by atoms with Crippen molar-refractivity contribution < 1.29 is 18.3 Å². The average molecular weight is 346 g/mol. The van der Waals surface area contributed by atoms with Crippen LogP contribution >= 0.6 is 0 Å². The Morgan fingerprint density at radius 2 is 1.96 bits per heavy atom. The second-order valence-electron chi connectivity index (χ2n) is 6.88. The van der Waals surface area contributed by atoms with Gasteiger partial charge in [0.15, 0.2) is 0 Å². The molecule has 2 aromatic rings. The van der Waals surface area contributed by atoms with E-state index in [0.29, 0.717) is 29.9 Å². The summed E-state index contributed by atoms with van der Waals surface area (Å²) in [6, 6.07) is 5.51. The Hall–Kier alpha value is -2.70. The van der Waals surface area contributed by atoms with Gasteiger partial charge in [-0.05, 0) is 51.5 Å². The molecule has 1 aromatic carbocycles. The predicted molar refractivity (Wildman–Crippen MR) is 88.5 cm³/mol. The van der Waals surface area contributed by atoms with E-state index >= 15 is 0 Å². The molecule has 25 heavy (non-hydrogen) atoms. The van der Waals surface area contributed by atoms with Gasteiger partial charge in [-0.15, -0.1) is 0 Å². The normalized spacial score (nSPS) is 14.2. The molecule has 0 saturated carbocycles. The van der Waals surface area contributed by atoms with E-state index in [1.807, 2.05) is 0 Å². The first-order chi connectivity index (χ1) is 11.7. The van der Waals surface area contributed by atoms with Crippen molar-refractivity contribution in [2.24, 2.45) is 0 Å². The minimum atomic E-state index is -0.601. The Labute approximate surface area is 144 Å². The van der Waals surface area contributed by atoms with Crippen molar-refractivity contribution in [3.05, 3.63) is 51.8 Å². The Kier molecular flexibility index (Phi) is 4.32. The Balaban J connectivity index is 1.89. The summed E-state index contributed by atoms with van der Waals surface area (Å²) in [6.45, 7) is 5.87. The quantitative estimate of drug-likeness (QED) is 0.793. The van der Waals surface area contributed by atoms with Crippen LogP contribution in [-0.2, 0) is 17.7 Å². The third kappa shape index (κ3) is 3.87. The molecule has 0 unspecified atom stereocenters. The number of hydrogen-bond acceptors (Lipinski definition) is 5. The summed E-state index contributed by atoms with van der Waals surface area (Å²) in [4.78, 5) is 29.9. The molecule has 0 N–H and O–H groups in total. The van der Waals surface area contributed by atoms with Gasteiger partial charge in [0.1, 0.15) is 17.2 Å². The van der Waals surface area contributed by atoms with Crippen molar-refractivity contribution in [3.8, 4) is 11.5 Å². The van der Waals surface area contributed by atoms with E-state index in [9.17, 15) is 14.0 Å². The number of ether oxygens (including phenoxy) is 1. The van der Waals surface area contributed by atoms with Crippen LogP contribution in [0.25, 0.3) is 11.5 Å². The third-order valence-corrected chi connectivity index (χ3v) is 3.73. The van der Waals surface area contributed by atoms with Crippen LogP contribution in [0.2, 0.25) is 0 Å². The minimum absolute atomic E-state index is 0.106. The molecule has 0 fully saturated rings. The van der Waals surface area contributed by atoms with E-state index in [0.717, 1.165) is 0 Å². The highest BCUT2D eigenvalue weighted by atomic mass is 19.1. The van der Waals surface area contributed by atoms with Crippen LogP contribution in [0.3, 0.4) is 0 Å². The van der Waals surface area contributed by atoms with Crippen LogP contribution in [0, 0.1) is 5.82 Å². The number of nitrogens with zero attached hydrogens (tertiary/aromatic N) is 2. The zero-order valence-electron chi connectivity index (χ0n) is 14.3. The summed E-state index contributed by atoms with van der Waals surface area (Å²) in [7, 11) is 0. The number of carbonyl (C=O) groups is 1. The number of carbonyl (C=O) groups excluding carboxylic acids is 1. The molecule has 0 aliphatic carbocycles. The smallest absolute Gasteiger partial charge is 0.410 e. The van der Waals surface area contributed by atoms with E-state index in [-0.39, 0.29) is 23.8 Å². The van der Waals surface area contributed by atoms with E-state index < -0.39 is 11.7 Å². The molecule has 1 amide bonds. The molecular formula is C18H19FN2O4. The molecule has 6 nitrogen and oxygen atoms in total. The average Bonchev–Trinajstić information content (AvgIpc) is 2.53. The topological polar surface area (TPSA) is 72.6 Å². The number of halogens is 1. The van der Waals surface area contributed by atoms with E-state index in [2.05, 4.69) is 4.98 Å². The van der Waals surface area contributed by atoms with Crippen LogP contribution in [0.1, 0.15) is 32.1 Å². The summed E-state index contributed by atoms with van der Waals surface area (Å²) >= 11 is 0. The van der Waals surface area contributed by atoms with Crippen molar-refractivity contribution in [1.82, 2.24) is 9.88 Å². The van der Waals surface area contributed by atoms with Gasteiger partial charge in [0, 0.05) is 12.1 Å². The van der Waals surface area contributed by atoms with Gasteiger partial charge >= 0.3 is 6.09 Å². The van der Waals surface area contributed by atoms with Gasteiger partial charge in [0.25, 0.3) is 5.56 Å². The van der Waals surface area contributed by atoms with Crippen LogP contribution in [-0.4, -0.2) is 28.1 Å². The third-order valence-electron chi connectivity index (χ3n) is 3.73. The first-order valence-electron chi connectivity index (χ1n) is 8.00. The molecule has 0 bridgehead atoms. The van der Waals surface area contributed by atoms with Gasteiger partial charge in [-0.1, -0.05) is 0 Å². The molecule has 1 aliphatic heterocycles. The molecule has 132 valence electrons. The standard InChI is InChI=1S/C18H19FN2O4/c1-18(2,3)25-17(23)21-9-8-13-14(10-21)24-16(20-15(13)22)11-4-6-12(19)7-5-11/h4-7H,8-10H2,1-3H3. The molecule has 1 aliphatic rings. The molecule has 0 saturated heterocycles. The fraction of sp³-hybridized carbons (Fsp3) is 0.389. The highest BCUT2D eigenvalue weighted by Gasteiger charge is 2.29. The van der Waals surface area contributed by atoms with Gasteiger partial charge < -0.3 is 14.1 Å². The molecule has 1 aromatic heterocycles. The number of rotatable bonds is 1. The largest absolute Gasteiger partial charge is 0.444 e. The highest BCUT2D eigenvalue weighted by molar-refractivity contribution is 5.68. The van der Waals surface area contributed by atoms with Crippen LogP contribution < -0.4 is 5.56 Å². The maximum absolute atomic E-state index is 13.1. The lowest BCUT2D eigenvalue weighted by atomic mass is 10.1. The Bertz CT molecular complexity index is 853. The molecule has 0 spiro atoms.